The van der Waals surface area contributed by atoms with Crippen molar-refractivity contribution in [3.8, 4) is 5.75 Å². The Hall–Kier alpha value is -3.12. The predicted octanol–water partition coefficient (Wildman–Crippen LogP) is 5.65. The van der Waals surface area contributed by atoms with Gasteiger partial charge in [-0.1, -0.05) is 80.1 Å². The van der Waals surface area contributed by atoms with E-state index in [0.717, 1.165) is 21.2 Å². The van der Waals surface area contributed by atoms with Gasteiger partial charge in [0.1, 0.15) is 11.8 Å². The summed E-state index contributed by atoms with van der Waals surface area (Å²) >= 11 is 3.56. The minimum absolute atomic E-state index is 0.173. The Labute approximate surface area is 216 Å². The number of likely N-dealkylation sites (N-methyl/N-ethyl adjacent to an activating group) is 1. The molecule has 0 saturated carbocycles. The van der Waals surface area contributed by atoms with Crippen molar-refractivity contribution in [1.82, 2.24) is 10.2 Å². The fourth-order valence-electron chi connectivity index (χ4n) is 3.94. The van der Waals surface area contributed by atoms with Gasteiger partial charge in [0.15, 0.2) is 6.61 Å². The number of benzene rings is 3. The third kappa shape index (κ3) is 7.43. The highest BCUT2D eigenvalue weighted by atomic mass is 79.9. The first kappa shape index (κ1) is 26.5. The predicted molar refractivity (Wildman–Crippen MR) is 143 cm³/mol. The standard InChI is InChI=1S/C29H33BrN2O3/c1-20(2)24-13-14-27(25(30)17-24)35-19-28(33)32(18-23-12-8-9-21(3)15-23)26(29(34)31-4)16-22-10-6-5-7-11-22/h5-15,17,20,26H,16,18-19H2,1-4H3,(H,31,34)/t26-/m0/s1. The van der Waals surface area contributed by atoms with Crippen LogP contribution in [0.15, 0.2) is 77.3 Å². The molecule has 0 spiro atoms. The Bertz CT molecular complexity index is 1150. The molecule has 3 aromatic carbocycles. The quantitative estimate of drug-likeness (QED) is 0.364. The molecule has 0 radical (unpaired) electrons. The third-order valence-corrected chi connectivity index (χ3v) is 6.55. The molecule has 0 saturated heterocycles. The van der Waals surface area contributed by atoms with Crippen LogP contribution < -0.4 is 10.1 Å². The Morgan fingerprint density at radius 3 is 2.31 bits per heavy atom. The van der Waals surface area contributed by atoms with Gasteiger partial charge in [-0.15, -0.1) is 0 Å². The zero-order valence-corrected chi connectivity index (χ0v) is 22.3. The van der Waals surface area contributed by atoms with Gasteiger partial charge in [0.2, 0.25) is 5.91 Å². The minimum atomic E-state index is -0.675. The lowest BCUT2D eigenvalue weighted by molar-refractivity contribution is -0.142. The topological polar surface area (TPSA) is 58.6 Å². The smallest absolute Gasteiger partial charge is 0.261 e. The van der Waals surface area contributed by atoms with Gasteiger partial charge in [0.05, 0.1) is 4.47 Å². The third-order valence-electron chi connectivity index (χ3n) is 5.93. The monoisotopic (exact) mass is 536 g/mol. The molecule has 184 valence electrons. The van der Waals surface area contributed by atoms with E-state index < -0.39 is 6.04 Å². The first-order valence-electron chi connectivity index (χ1n) is 11.8. The Morgan fingerprint density at radius 2 is 1.69 bits per heavy atom. The summed E-state index contributed by atoms with van der Waals surface area (Å²) in [6, 6.07) is 22.9. The van der Waals surface area contributed by atoms with Crippen LogP contribution >= 0.6 is 15.9 Å². The largest absolute Gasteiger partial charge is 0.483 e. The van der Waals surface area contributed by atoms with Crippen LogP contribution in [0.1, 0.15) is 42.0 Å². The maximum Gasteiger partial charge on any atom is 0.261 e. The SMILES string of the molecule is CNC(=O)[C@H](Cc1ccccc1)N(Cc1cccc(C)c1)C(=O)COc1ccc(C(C)C)cc1Br. The average Bonchev–Trinajstić information content (AvgIpc) is 2.85. The number of hydrogen-bond acceptors (Lipinski definition) is 3. The molecular formula is C29H33BrN2O3. The van der Waals surface area contributed by atoms with Gasteiger partial charge in [-0.05, 0) is 57.6 Å². The van der Waals surface area contributed by atoms with Crippen LogP contribution in [0.3, 0.4) is 0 Å². The molecule has 3 aromatic rings. The van der Waals surface area contributed by atoms with Crippen LogP contribution in [0.5, 0.6) is 5.75 Å². The Morgan fingerprint density at radius 1 is 0.971 bits per heavy atom. The molecule has 5 nitrogen and oxygen atoms in total. The number of nitrogens with one attached hydrogen (secondary N) is 1. The molecule has 0 bridgehead atoms. The van der Waals surface area contributed by atoms with Gasteiger partial charge < -0.3 is 15.0 Å². The Balaban J connectivity index is 1.87. The lowest BCUT2D eigenvalue weighted by atomic mass is 10.0. The van der Waals surface area contributed by atoms with Crippen LogP contribution in [-0.2, 0) is 22.6 Å². The molecule has 0 fully saturated rings. The number of ether oxygens (including phenoxy) is 1. The Kier molecular flexibility index (Phi) is 9.49. The number of carbonyl (C=O) groups excluding carboxylic acids is 2. The average molecular weight is 537 g/mol. The normalized spacial score (nSPS) is 11.7. The van der Waals surface area contributed by atoms with Crippen LogP contribution in [0.4, 0.5) is 0 Å². The van der Waals surface area contributed by atoms with E-state index in [9.17, 15) is 9.59 Å². The lowest BCUT2D eigenvalue weighted by Gasteiger charge is -2.31. The number of amides is 2. The second-order valence-electron chi connectivity index (χ2n) is 8.96. The highest BCUT2D eigenvalue weighted by Crippen LogP contribution is 2.29. The van der Waals surface area contributed by atoms with Crippen molar-refractivity contribution in [2.75, 3.05) is 13.7 Å². The van der Waals surface area contributed by atoms with Crippen LogP contribution in [0.2, 0.25) is 0 Å². The molecule has 3 rings (SSSR count). The summed E-state index contributed by atoms with van der Waals surface area (Å²) in [5.41, 5.74) is 4.22. The molecule has 0 aliphatic rings. The number of hydrogen-bond donors (Lipinski definition) is 1. The summed E-state index contributed by atoms with van der Waals surface area (Å²) in [6.45, 7) is 6.40. The van der Waals surface area contributed by atoms with E-state index in [4.69, 9.17) is 4.74 Å². The van der Waals surface area contributed by atoms with E-state index in [1.165, 1.54) is 5.56 Å². The minimum Gasteiger partial charge on any atom is -0.483 e. The van der Waals surface area contributed by atoms with Gasteiger partial charge in [-0.2, -0.15) is 0 Å². The van der Waals surface area contributed by atoms with E-state index in [-0.39, 0.29) is 18.4 Å². The van der Waals surface area contributed by atoms with Gasteiger partial charge in [0.25, 0.3) is 5.91 Å². The highest BCUT2D eigenvalue weighted by molar-refractivity contribution is 9.10. The van der Waals surface area contributed by atoms with Gasteiger partial charge >= 0.3 is 0 Å². The zero-order valence-electron chi connectivity index (χ0n) is 20.8. The molecular weight excluding hydrogens is 504 g/mol. The molecule has 2 amide bonds. The maximum absolute atomic E-state index is 13.5. The molecule has 0 aliphatic carbocycles. The van der Waals surface area contributed by atoms with E-state index >= 15 is 0 Å². The van der Waals surface area contributed by atoms with E-state index in [1.807, 2.05) is 79.7 Å². The molecule has 1 atom stereocenters. The number of nitrogens with zero attached hydrogens (tertiary/aromatic N) is 1. The summed E-state index contributed by atoms with van der Waals surface area (Å²) in [5, 5.41) is 2.74. The molecule has 0 unspecified atom stereocenters. The van der Waals surface area contributed by atoms with Crippen LogP contribution in [0.25, 0.3) is 0 Å². The summed E-state index contributed by atoms with van der Waals surface area (Å²) in [5.74, 6) is 0.518. The van der Waals surface area contributed by atoms with Crippen LogP contribution in [-0.4, -0.2) is 36.4 Å². The molecule has 6 heteroatoms. The van der Waals surface area contributed by atoms with E-state index in [1.54, 1.807) is 11.9 Å². The molecule has 0 heterocycles. The fraction of sp³-hybridized carbons (Fsp3) is 0.310. The molecule has 35 heavy (non-hydrogen) atoms. The first-order chi connectivity index (χ1) is 16.8. The fourth-order valence-corrected chi connectivity index (χ4v) is 4.45. The molecule has 0 aliphatic heterocycles. The van der Waals surface area contributed by atoms with Gasteiger partial charge in [0, 0.05) is 20.0 Å². The first-order valence-corrected chi connectivity index (χ1v) is 12.6. The van der Waals surface area contributed by atoms with Crippen molar-refractivity contribution in [2.24, 2.45) is 0 Å². The summed E-state index contributed by atoms with van der Waals surface area (Å²) in [7, 11) is 1.60. The second kappa shape index (κ2) is 12.5. The van der Waals surface area contributed by atoms with E-state index in [0.29, 0.717) is 24.6 Å². The van der Waals surface area contributed by atoms with Crippen molar-refractivity contribution in [2.45, 2.75) is 45.7 Å². The number of aryl methyl sites for hydroxylation is 1. The van der Waals surface area contributed by atoms with Crippen molar-refractivity contribution in [3.05, 3.63) is 99.5 Å². The number of rotatable bonds is 10. The highest BCUT2D eigenvalue weighted by Gasteiger charge is 2.30. The molecule has 0 aromatic heterocycles. The van der Waals surface area contributed by atoms with Crippen molar-refractivity contribution < 1.29 is 14.3 Å². The summed E-state index contributed by atoms with van der Waals surface area (Å²) in [6.07, 6.45) is 0.408. The lowest BCUT2D eigenvalue weighted by Crippen LogP contribution is -2.51. The van der Waals surface area contributed by atoms with Crippen molar-refractivity contribution in [3.63, 3.8) is 0 Å². The summed E-state index contributed by atoms with van der Waals surface area (Å²) in [4.78, 5) is 28.2. The number of halogens is 1. The molecule has 1 N–H and O–H groups in total. The number of carbonyl (C=O) groups is 2. The second-order valence-corrected chi connectivity index (χ2v) is 9.82. The van der Waals surface area contributed by atoms with Gasteiger partial charge in [-0.3, -0.25) is 9.59 Å². The van der Waals surface area contributed by atoms with Crippen molar-refractivity contribution in [1.29, 1.82) is 0 Å². The van der Waals surface area contributed by atoms with E-state index in [2.05, 4.69) is 35.1 Å². The van der Waals surface area contributed by atoms with Crippen molar-refractivity contribution >= 4 is 27.7 Å². The maximum atomic E-state index is 13.5. The van der Waals surface area contributed by atoms with Gasteiger partial charge in [-0.25, -0.2) is 0 Å². The zero-order chi connectivity index (χ0) is 25.4. The summed E-state index contributed by atoms with van der Waals surface area (Å²) < 4.78 is 6.72. The van der Waals surface area contributed by atoms with Crippen LogP contribution in [0, 0.1) is 6.92 Å².